The molecule has 0 aliphatic carbocycles. The third-order valence-electron chi connectivity index (χ3n) is 4.89. The number of hydrogen-bond acceptors (Lipinski definition) is 4. The highest BCUT2D eigenvalue weighted by molar-refractivity contribution is 5.78. The van der Waals surface area contributed by atoms with E-state index in [1.54, 1.807) is 6.20 Å². The minimum absolute atomic E-state index is 0.232. The monoisotopic (exact) mass is 317 g/mol. The van der Waals surface area contributed by atoms with Gasteiger partial charge in [0.1, 0.15) is 0 Å². The molecule has 5 nitrogen and oxygen atoms in total. The van der Waals surface area contributed by atoms with Crippen molar-refractivity contribution < 1.29 is 9.53 Å². The Bertz CT molecular complexity index is 488. The number of hydrogen-bond donors (Lipinski definition) is 0. The maximum Gasteiger partial charge on any atom is 0.228 e. The second kappa shape index (κ2) is 8.41. The SMILES string of the molecule is O=C(Cc1ccccn1)N1CCCC[C@H]1CCN1CCOCC1. The molecule has 2 saturated heterocycles. The van der Waals surface area contributed by atoms with Crippen LogP contribution in [-0.2, 0) is 16.0 Å². The molecule has 0 N–H and O–H groups in total. The summed E-state index contributed by atoms with van der Waals surface area (Å²) in [4.78, 5) is 21.5. The average Bonchev–Trinajstić information content (AvgIpc) is 2.62. The molecular weight excluding hydrogens is 290 g/mol. The molecule has 0 spiro atoms. The number of rotatable bonds is 5. The van der Waals surface area contributed by atoms with E-state index in [1.807, 2.05) is 18.2 Å². The predicted molar refractivity (Wildman–Crippen MR) is 89.2 cm³/mol. The van der Waals surface area contributed by atoms with Crippen molar-refractivity contribution in [2.24, 2.45) is 0 Å². The van der Waals surface area contributed by atoms with Crippen LogP contribution in [0.25, 0.3) is 0 Å². The highest BCUT2D eigenvalue weighted by atomic mass is 16.5. The molecule has 1 aromatic heterocycles. The van der Waals surface area contributed by atoms with Crippen LogP contribution in [0.15, 0.2) is 24.4 Å². The number of piperidine rings is 1. The Labute approximate surface area is 138 Å². The third kappa shape index (κ3) is 4.75. The topological polar surface area (TPSA) is 45.7 Å². The fraction of sp³-hybridized carbons (Fsp3) is 0.667. The van der Waals surface area contributed by atoms with Crippen molar-refractivity contribution in [3.05, 3.63) is 30.1 Å². The minimum Gasteiger partial charge on any atom is -0.379 e. The first-order valence-corrected chi connectivity index (χ1v) is 8.82. The highest BCUT2D eigenvalue weighted by Crippen LogP contribution is 2.21. The lowest BCUT2D eigenvalue weighted by Crippen LogP contribution is -2.47. The Hall–Kier alpha value is -1.46. The standard InChI is InChI=1S/C18H27N3O2/c22-18(15-16-5-1-3-8-19-16)21-9-4-2-6-17(21)7-10-20-11-13-23-14-12-20/h1,3,5,8,17H,2,4,6-7,9-15H2/t17-/m0/s1. The molecule has 2 aliphatic rings. The molecular formula is C18H27N3O2. The molecule has 3 heterocycles. The van der Waals surface area contributed by atoms with Gasteiger partial charge in [0.05, 0.1) is 19.6 Å². The van der Waals surface area contributed by atoms with Crippen molar-refractivity contribution in [1.82, 2.24) is 14.8 Å². The van der Waals surface area contributed by atoms with Gasteiger partial charge in [-0.05, 0) is 37.8 Å². The van der Waals surface area contributed by atoms with Gasteiger partial charge >= 0.3 is 0 Å². The first-order chi connectivity index (χ1) is 11.3. The second-order valence-electron chi connectivity index (χ2n) is 6.48. The summed E-state index contributed by atoms with van der Waals surface area (Å²) in [6, 6.07) is 6.16. The molecule has 126 valence electrons. The van der Waals surface area contributed by atoms with Gasteiger partial charge in [-0.25, -0.2) is 0 Å². The highest BCUT2D eigenvalue weighted by Gasteiger charge is 2.27. The van der Waals surface area contributed by atoms with Gasteiger partial charge in [-0.1, -0.05) is 6.07 Å². The summed E-state index contributed by atoms with van der Waals surface area (Å²) in [6.07, 6.45) is 6.76. The Morgan fingerprint density at radius 1 is 1.22 bits per heavy atom. The van der Waals surface area contributed by atoms with E-state index in [2.05, 4.69) is 14.8 Å². The van der Waals surface area contributed by atoms with E-state index in [0.717, 1.165) is 64.3 Å². The van der Waals surface area contributed by atoms with Crippen LogP contribution in [0.2, 0.25) is 0 Å². The molecule has 2 fully saturated rings. The lowest BCUT2D eigenvalue weighted by Gasteiger charge is -2.37. The van der Waals surface area contributed by atoms with E-state index in [-0.39, 0.29) is 5.91 Å². The van der Waals surface area contributed by atoms with E-state index < -0.39 is 0 Å². The lowest BCUT2D eigenvalue weighted by molar-refractivity contribution is -0.134. The lowest BCUT2D eigenvalue weighted by atomic mass is 9.98. The van der Waals surface area contributed by atoms with Crippen molar-refractivity contribution in [3.8, 4) is 0 Å². The zero-order chi connectivity index (χ0) is 15.9. The smallest absolute Gasteiger partial charge is 0.228 e. The Morgan fingerprint density at radius 2 is 2.09 bits per heavy atom. The Balaban J connectivity index is 1.53. The molecule has 1 atom stereocenters. The van der Waals surface area contributed by atoms with Crippen LogP contribution in [0.3, 0.4) is 0 Å². The van der Waals surface area contributed by atoms with E-state index in [0.29, 0.717) is 12.5 Å². The second-order valence-corrected chi connectivity index (χ2v) is 6.48. The van der Waals surface area contributed by atoms with Crippen molar-refractivity contribution in [2.45, 2.75) is 38.1 Å². The van der Waals surface area contributed by atoms with Crippen molar-refractivity contribution >= 4 is 5.91 Å². The maximum atomic E-state index is 12.7. The van der Waals surface area contributed by atoms with Gasteiger partial charge in [-0.2, -0.15) is 0 Å². The third-order valence-corrected chi connectivity index (χ3v) is 4.89. The number of pyridine rings is 1. The zero-order valence-electron chi connectivity index (χ0n) is 13.8. The molecule has 0 aromatic carbocycles. The van der Waals surface area contributed by atoms with Crippen molar-refractivity contribution in [2.75, 3.05) is 39.4 Å². The number of ether oxygens (including phenoxy) is 1. The summed E-state index contributed by atoms with van der Waals surface area (Å²) < 4.78 is 5.40. The first-order valence-electron chi connectivity index (χ1n) is 8.82. The molecule has 5 heteroatoms. The van der Waals surface area contributed by atoms with Gasteiger partial charge < -0.3 is 9.64 Å². The number of carbonyl (C=O) groups excluding carboxylic acids is 1. The van der Waals surface area contributed by atoms with Crippen LogP contribution in [0, 0.1) is 0 Å². The van der Waals surface area contributed by atoms with Gasteiger partial charge in [0.2, 0.25) is 5.91 Å². The predicted octanol–water partition coefficient (Wildman–Crippen LogP) is 1.73. The van der Waals surface area contributed by atoms with Gasteiger partial charge in [0.15, 0.2) is 0 Å². The molecule has 0 bridgehead atoms. The zero-order valence-corrected chi connectivity index (χ0v) is 13.8. The van der Waals surface area contributed by atoms with Gasteiger partial charge in [0, 0.05) is 44.1 Å². The molecule has 1 amide bonds. The number of carbonyl (C=O) groups is 1. The van der Waals surface area contributed by atoms with Crippen LogP contribution in [0.1, 0.15) is 31.4 Å². The summed E-state index contributed by atoms with van der Waals surface area (Å²) in [6.45, 7) is 5.70. The normalized spacial score (nSPS) is 23.0. The summed E-state index contributed by atoms with van der Waals surface area (Å²) in [5.74, 6) is 0.232. The van der Waals surface area contributed by atoms with Crippen molar-refractivity contribution in [3.63, 3.8) is 0 Å². The fourth-order valence-corrected chi connectivity index (χ4v) is 3.54. The molecule has 23 heavy (non-hydrogen) atoms. The van der Waals surface area contributed by atoms with E-state index in [4.69, 9.17) is 4.74 Å². The summed E-state index contributed by atoms with van der Waals surface area (Å²) >= 11 is 0. The minimum atomic E-state index is 0.232. The number of aromatic nitrogens is 1. The van der Waals surface area contributed by atoms with E-state index in [9.17, 15) is 4.79 Å². The van der Waals surface area contributed by atoms with E-state index >= 15 is 0 Å². The van der Waals surface area contributed by atoms with Gasteiger partial charge in [-0.15, -0.1) is 0 Å². The molecule has 0 saturated carbocycles. The van der Waals surface area contributed by atoms with Crippen LogP contribution in [0.4, 0.5) is 0 Å². The molecule has 0 radical (unpaired) electrons. The quantitative estimate of drug-likeness (QED) is 0.830. The molecule has 0 unspecified atom stereocenters. The Morgan fingerprint density at radius 3 is 2.87 bits per heavy atom. The summed E-state index contributed by atoms with van der Waals surface area (Å²) in [5.41, 5.74) is 0.870. The molecule has 3 rings (SSSR count). The number of likely N-dealkylation sites (tertiary alicyclic amines) is 1. The van der Waals surface area contributed by atoms with Crippen LogP contribution in [0.5, 0.6) is 0 Å². The Kier molecular flexibility index (Phi) is 6.00. The van der Waals surface area contributed by atoms with E-state index in [1.165, 1.54) is 6.42 Å². The summed E-state index contributed by atoms with van der Waals surface area (Å²) in [7, 11) is 0. The van der Waals surface area contributed by atoms with Crippen LogP contribution < -0.4 is 0 Å². The number of amides is 1. The first kappa shape index (κ1) is 16.4. The fourth-order valence-electron chi connectivity index (χ4n) is 3.54. The molecule has 2 aliphatic heterocycles. The van der Waals surface area contributed by atoms with Gasteiger partial charge in [-0.3, -0.25) is 14.7 Å². The summed E-state index contributed by atoms with van der Waals surface area (Å²) in [5, 5.41) is 0. The maximum absolute atomic E-state index is 12.7. The van der Waals surface area contributed by atoms with Gasteiger partial charge in [0.25, 0.3) is 0 Å². The largest absolute Gasteiger partial charge is 0.379 e. The van der Waals surface area contributed by atoms with Crippen LogP contribution >= 0.6 is 0 Å². The average molecular weight is 317 g/mol. The van der Waals surface area contributed by atoms with Crippen molar-refractivity contribution in [1.29, 1.82) is 0 Å². The number of nitrogens with zero attached hydrogens (tertiary/aromatic N) is 3. The van der Waals surface area contributed by atoms with Crippen LogP contribution in [-0.4, -0.2) is 66.1 Å². The number of morpholine rings is 1. The molecule has 1 aromatic rings.